The van der Waals surface area contributed by atoms with E-state index in [1.54, 1.807) is 12.1 Å². The molecule has 1 rings (SSSR count). The van der Waals surface area contributed by atoms with E-state index >= 15 is 0 Å². The summed E-state index contributed by atoms with van der Waals surface area (Å²) in [6.07, 6.45) is 0. The number of hydrogen-bond acceptors (Lipinski definition) is 5. The van der Waals surface area contributed by atoms with E-state index in [1.807, 2.05) is 6.92 Å². The molecule has 0 bridgehead atoms. The summed E-state index contributed by atoms with van der Waals surface area (Å²) >= 11 is 0. The average Bonchev–Trinajstić information content (AvgIpc) is 2.43. The Morgan fingerprint density at radius 2 is 2.11 bits per heavy atom. The van der Waals surface area contributed by atoms with Gasteiger partial charge in [0.25, 0.3) is 0 Å². The number of sulfonamides is 1. The quantitative estimate of drug-likeness (QED) is 0.679. The minimum absolute atomic E-state index is 0.0921. The Balaban J connectivity index is 2.92. The first-order valence-electron chi connectivity index (χ1n) is 5.99. The van der Waals surface area contributed by atoms with Crippen molar-refractivity contribution in [1.29, 1.82) is 0 Å². The Hall–Kier alpha value is -1.15. The van der Waals surface area contributed by atoms with Crippen LogP contribution in [0.25, 0.3) is 0 Å². The average molecular weight is 288 g/mol. The number of nitrogens with two attached hydrogens (primary N) is 1. The van der Waals surface area contributed by atoms with Crippen LogP contribution >= 0.6 is 0 Å². The molecule has 1 aromatic carbocycles. The van der Waals surface area contributed by atoms with Crippen LogP contribution < -0.4 is 15.2 Å². The fourth-order valence-electron chi connectivity index (χ4n) is 1.53. The molecule has 0 heterocycles. The number of nitrogens with one attached hydrogen (secondary N) is 1. The van der Waals surface area contributed by atoms with Crippen LogP contribution in [0.1, 0.15) is 12.5 Å². The van der Waals surface area contributed by atoms with Crippen molar-refractivity contribution in [3.8, 4) is 5.75 Å². The zero-order valence-electron chi connectivity index (χ0n) is 11.2. The van der Waals surface area contributed by atoms with Gasteiger partial charge >= 0.3 is 0 Å². The normalized spacial score (nSPS) is 11.5. The van der Waals surface area contributed by atoms with Crippen molar-refractivity contribution in [2.45, 2.75) is 18.4 Å². The molecule has 19 heavy (non-hydrogen) atoms. The molecule has 0 spiro atoms. The predicted molar refractivity (Wildman–Crippen MR) is 72.6 cm³/mol. The van der Waals surface area contributed by atoms with Crippen molar-refractivity contribution < 1.29 is 17.9 Å². The third-order valence-corrected chi connectivity index (χ3v) is 3.98. The lowest BCUT2D eigenvalue weighted by Gasteiger charge is -2.12. The van der Waals surface area contributed by atoms with Gasteiger partial charge in [0.2, 0.25) is 10.0 Å². The van der Waals surface area contributed by atoms with E-state index in [0.29, 0.717) is 19.0 Å². The fraction of sp³-hybridized carbons (Fsp3) is 0.500. The second kappa shape index (κ2) is 7.44. The number of rotatable bonds is 8. The number of ether oxygens (including phenoxy) is 2. The Morgan fingerprint density at radius 1 is 1.37 bits per heavy atom. The summed E-state index contributed by atoms with van der Waals surface area (Å²) in [5.41, 5.74) is 6.24. The van der Waals surface area contributed by atoms with Crippen LogP contribution in [-0.4, -0.2) is 35.3 Å². The number of hydrogen-bond donors (Lipinski definition) is 2. The van der Waals surface area contributed by atoms with E-state index in [1.165, 1.54) is 13.2 Å². The van der Waals surface area contributed by atoms with E-state index in [0.717, 1.165) is 5.56 Å². The van der Waals surface area contributed by atoms with Gasteiger partial charge in [-0.05, 0) is 24.6 Å². The summed E-state index contributed by atoms with van der Waals surface area (Å²) in [6, 6.07) is 4.85. The standard InChI is InChI=1S/C12H20N2O4S/c1-3-18-7-6-14-19(15,16)12-8-10(9-13)4-5-11(12)17-2/h4-5,8,14H,3,6-7,9,13H2,1-2H3. The molecule has 0 saturated heterocycles. The highest BCUT2D eigenvalue weighted by atomic mass is 32.2. The molecule has 0 aliphatic heterocycles. The Labute approximate surface area is 113 Å². The second-order valence-corrected chi connectivity index (χ2v) is 5.52. The van der Waals surface area contributed by atoms with Crippen LogP contribution in [0.3, 0.4) is 0 Å². The highest BCUT2D eigenvalue weighted by Gasteiger charge is 2.19. The maximum Gasteiger partial charge on any atom is 0.244 e. The van der Waals surface area contributed by atoms with Crippen LogP contribution in [0.2, 0.25) is 0 Å². The van der Waals surface area contributed by atoms with Gasteiger partial charge in [-0.15, -0.1) is 0 Å². The van der Waals surface area contributed by atoms with Crippen molar-refractivity contribution in [2.75, 3.05) is 26.9 Å². The van der Waals surface area contributed by atoms with Gasteiger partial charge in [-0.3, -0.25) is 0 Å². The first-order chi connectivity index (χ1) is 9.05. The van der Waals surface area contributed by atoms with Crippen LogP contribution in [0, 0.1) is 0 Å². The monoisotopic (exact) mass is 288 g/mol. The van der Waals surface area contributed by atoms with E-state index in [2.05, 4.69) is 4.72 Å². The summed E-state index contributed by atoms with van der Waals surface area (Å²) in [4.78, 5) is 0.0921. The van der Waals surface area contributed by atoms with E-state index in [9.17, 15) is 8.42 Å². The van der Waals surface area contributed by atoms with Crippen LogP contribution in [0.5, 0.6) is 5.75 Å². The summed E-state index contributed by atoms with van der Waals surface area (Å²) in [6.45, 7) is 3.21. The summed E-state index contributed by atoms with van der Waals surface area (Å²) in [5, 5.41) is 0. The first kappa shape index (κ1) is 15.9. The Bertz CT molecular complexity index is 502. The lowest BCUT2D eigenvalue weighted by molar-refractivity contribution is 0.153. The SMILES string of the molecule is CCOCCNS(=O)(=O)c1cc(CN)ccc1OC. The summed E-state index contributed by atoms with van der Waals surface area (Å²) in [7, 11) is -2.20. The van der Waals surface area contributed by atoms with Gasteiger partial charge in [-0.1, -0.05) is 6.07 Å². The molecule has 0 atom stereocenters. The summed E-state index contributed by atoms with van der Waals surface area (Å²) in [5.74, 6) is 0.293. The van der Waals surface area contributed by atoms with Gasteiger partial charge in [0.05, 0.1) is 13.7 Å². The largest absolute Gasteiger partial charge is 0.495 e. The highest BCUT2D eigenvalue weighted by Crippen LogP contribution is 2.24. The molecule has 0 aromatic heterocycles. The van der Waals surface area contributed by atoms with Gasteiger partial charge in [0, 0.05) is 19.7 Å². The topological polar surface area (TPSA) is 90.7 Å². The van der Waals surface area contributed by atoms with Crippen LogP contribution in [0.4, 0.5) is 0 Å². The molecule has 0 unspecified atom stereocenters. The summed E-state index contributed by atoms with van der Waals surface area (Å²) < 4.78 is 36.9. The molecule has 0 radical (unpaired) electrons. The van der Waals surface area contributed by atoms with Gasteiger partial charge in [0.15, 0.2) is 0 Å². The first-order valence-corrected chi connectivity index (χ1v) is 7.47. The third-order valence-electron chi connectivity index (χ3n) is 2.50. The van der Waals surface area contributed by atoms with Gasteiger partial charge in [0.1, 0.15) is 10.6 Å². The molecule has 0 amide bonds. The molecule has 108 valence electrons. The lowest BCUT2D eigenvalue weighted by atomic mass is 10.2. The van der Waals surface area contributed by atoms with Crippen LogP contribution in [-0.2, 0) is 21.3 Å². The van der Waals surface area contributed by atoms with Crippen molar-refractivity contribution in [3.05, 3.63) is 23.8 Å². The van der Waals surface area contributed by atoms with Gasteiger partial charge in [-0.2, -0.15) is 0 Å². The molecule has 0 saturated carbocycles. The molecule has 7 heteroatoms. The van der Waals surface area contributed by atoms with Crippen molar-refractivity contribution in [3.63, 3.8) is 0 Å². The van der Waals surface area contributed by atoms with E-state index in [-0.39, 0.29) is 18.0 Å². The Morgan fingerprint density at radius 3 is 2.68 bits per heavy atom. The second-order valence-electron chi connectivity index (χ2n) is 3.78. The predicted octanol–water partition coefficient (Wildman–Crippen LogP) is 0.469. The van der Waals surface area contributed by atoms with E-state index in [4.69, 9.17) is 15.2 Å². The zero-order valence-corrected chi connectivity index (χ0v) is 12.0. The zero-order chi connectivity index (χ0) is 14.3. The molecule has 0 aliphatic carbocycles. The lowest BCUT2D eigenvalue weighted by Crippen LogP contribution is -2.28. The smallest absolute Gasteiger partial charge is 0.244 e. The van der Waals surface area contributed by atoms with Crippen molar-refractivity contribution in [2.24, 2.45) is 5.73 Å². The molecular weight excluding hydrogens is 268 g/mol. The molecule has 6 nitrogen and oxygen atoms in total. The highest BCUT2D eigenvalue weighted by molar-refractivity contribution is 7.89. The Kier molecular flexibility index (Phi) is 6.23. The van der Waals surface area contributed by atoms with Crippen molar-refractivity contribution in [1.82, 2.24) is 4.72 Å². The molecule has 0 aliphatic rings. The van der Waals surface area contributed by atoms with Gasteiger partial charge < -0.3 is 15.2 Å². The van der Waals surface area contributed by atoms with E-state index < -0.39 is 10.0 Å². The van der Waals surface area contributed by atoms with Crippen molar-refractivity contribution >= 4 is 10.0 Å². The third kappa shape index (κ3) is 4.46. The van der Waals surface area contributed by atoms with Crippen LogP contribution in [0.15, 0.2) is 23.1 Å². The number of methoxy groups -OCH3 is 1. The molecule has 0 fully saturated rings. The minimum Gasteiger partial charge on any atom is -0.495 e. The maximum absolute atomic E-state index is 12.2. The maximum atomic E-state index is 12.2. The fourth-order valence-corrected chi connectivity index (χ4v) is 2.76. The minimum atomic E-state index is -3.63. The molecule has 3 N–H and O–H groups in total. The molecule has 1 aromatic rings. The van der Waals surface area contributed by atoms with Gasteiger partial charge in [-0.25, -0.2) is 13.1 Å². The number of benzene rings is 1. The molecular formula is C12H20N2O4S.